The van der Waals surface area contributed by atoms with Gasteiger partial charge in [-0.3, -0.25) is 13.9 Å². The fourth-order valence-electron chi connectivity index (χ4n) is 4.08. The van der Waals surface area contributed by atoms with Crippen LogP contribution in [0.4, 0.5) is 5.69 Å². The number of hydrogen-bond acceptors (Lipinski definition) is 4. The van der Waals surface area contributed by atoms with E-state index in [0.717, 1.165) is 16.1 Å². The highest BCUT2D eigenvalue weighted by Crippen LogP contribution is 2.31. The van der Waals surface area contributed by atoms with Gasteiger partial charge in [-0.1, -0.05) is 90.3 Å². The topological polar surface area (TPSA) is 86.8 Å². The molecule has 214 valence electrons. The Bertz CT molecular complexity index is 1440. The number of nitrogens with zero attached hydrogens (tertiary/aromatic N) is 2. The molecule has 0 aromatic heterocycles. The van der Waals surface area contributed by atoms with E-state index in [1.165, 1.54) is 23.1 Å². The molecule has 3 rings (SSSR count). The Morgan fingerprint density at radius 1 is 0.925 bits per heavy atom. The van der Waals surface area contributed by atoms with Crippen LogP contribution >= 0.6 is 34.8 Å². The van der Waals surface area contributed by atoms with Crippen LogP contribution in [0.25, 0.3) is 0 Å². The van der Waals surface area contributed by atoms with Crippen molar-refractivity contribution in [2.24, 2.45) is 0 Å². The number of benzene rings is 3. The van der Waals surface area contributed by atoms with Crippen molar-refractivity contribution in [3.8, 4) is 0 Å². The Kier molecular flexibility index (Phi) is 11.3. The van der Waals surface area contributed by atoms with Crippen molar-refractivity contribution in [2.45, 2.75) is 45.3 Å². The molecule has 40 heavy (non-hydrogen) atoms. The number of halogens is 3. The molecule has 7 nitrogen and oxygen atoms in total. The van der Waals surface area contributed by atoms with Gasteiger partial charge in [0.15, 0.2) is 0 Å². The zero-order valence-corrected chi connectivity index (χ0v) is 25.6. The van der Waals surface area contributed by atoms with Gasteiger partial charge in [-0.05, 0) is 48.7 Å². The first-order valence-electron chi connectivity index (χ1n) is 12.7. The van der Waals surface area contributed by atoms with E-state index in [1.54, 1.807) is 24.3 Å². The molecule has 0 aliphatic heterocycles. The molecule has 11 heteroatoms. The Hall–Kier alpha value is -2.78. The predicted molar refractivity (Wildman–Crippen MR) is 162 cm³/mol. The Morgan fingerprint density at radius 3 is 2.20 bits per heavy atom. The largest absolute Gasteiger partial charge is 0.352 e. The van der Waals surface area contributed by atoms with Crippen LogP contribution in [0.1, 0.15) is 31.4 Å². The molecule has 0 saturated heterocycles. The molecule has 3 aromatic rings. The molecule has 0 saturated carbocycles. The standard InChI is InChI=1S/C29H32Cl3N3O4S/c1-4-20(2)33-29(37)27(16-21-10-6-5-7-11-21)34(18-22-12-8-9-13-24(22)31)28(36)19-35(40(3,38)39)26-17-23(30)14-15-25(26)32/h5-15,17,20,27H,4,16,18-19H2,1-3H3,(H,33,37)/t20-,27-/m1/s1. The molecule has 2 amide bonds. The highest BCUT2D eigenvalue weighted by atomic mass is 35.5. The van der Waals surface area contributed by atoms with Gasteiger partial charge < -0.3 is 10.2 Å². The molecule has 0 radical (unpaired) electrons. The normalized spacial score (nSPS) is 12.8. The minimum atomic E-state index is -3.98. The summed E-state index contributed by atoms with van der Waals surface area (Å²) in [7, 11) is -3.98. The van der Waals surface area contributed by atoms with Crippen molar-refractivity contribution in [2.75, 3.05) is 17.1 Å². The van der Waals surface area contributed by atoms with Crippen molar-refractivity contribution in [3.05, 3.63) is 99.0 Å². The van der Waals surface area contributed by atoms with Gasteiger partial charge in [-0.15, -0.1) is 0 Å². The minimum absolute atomic E-state index is 0.0230. The molecule has 0 fully saturated rings. The smallest absolute Gasteiger partial charge is 0.244 e. The first-order valence-corrected chi connectivity index (χ1v) is 15.7. The van der Waals surface area contributed by atoms with Crippen LogP contribution in [-0.2, 0) is 32.6 Å². The second-order valence-corrected chi connectivity index (χ2v) is 12.7. The van der Waals surface area contributed by atoms with E-state index in [-0.39, 0.29) is 40.6 Å². The van der Waals surface area contributed by atoms with Gasteiger partial charge in [0, 0.05) is 29.1 Å². The van der Waals surface area contributed by atoms with E-state index in [1.807, 2.05) is 44.2 Å². The second kappa shape index (κ2) is 14.2. The fourth-order valence-corrected chi connectivity index (χ4v) is 5.56. The zero-order valence-electron chi connectivity index (χ0n) is 22.5. The maximum Gasteiger partial charge on any atom is 0.244 e. The second-order valence-electron chi connectivity index (χ2n) is 9.50. The minimum Gasteiger partial charge on any atom is -0.352 e. The molecular formula is C29H32Cl3N3O4S. The summed E-state index contributed by atoms with van der Waals surface area (Å²) in [5.74, 6) is -0.966. The summed E-state index contributed by atoms with van der Waals surface area (Å²) in [5, 5.41) is 3.76. The van der Waals surface area contributed by atoms with E-state index < -0.39 is 28.5 Å². The van der Waals surface area contributed by atoms with Crippen LogP contribution in [0, 0.1) is 0 Å². The van der Waals surface area contributed by atoms with Crippen LogP contribution in [-0.4, -0.2) is 50.0 Å². The number of rotatable bonds is 12. The van der Waals surface area contributed by atoms with Gasteiger partial charge in [0.05, 0.1) is 17.0 Å². The van der Waals surface area contributed by atoms with E-state index in [4.69, 9.17) is 34.8 Å². The fraction of sp³-hybridized carbons (Fsp3) is 0.310. The highest BCUT2D eigenvalue weighted by molar-refractivity contribution is 7.92. The number of carbonyl (C=O) groups excluding carboxylic acids is 2. The van der Waals surface area contributed by atoms with Gasteiger partial charge in [0.1, 0.15) is 12.6 Å². The Balaban J connectivity index is 2.10. The summed E-state index contributed by atoms with van der Waals surface area (Å²) in [6.07, 6.45) is 1.88. The third kappa shape index (κ3) is 8.61. The SMILES string of the molecule is CC[C@@H](C)NC(=O)[C@@H](Cc1ccccc1)N(Cc1ccccc1Cl)C(=O)CN(c1cc(Cl)ccc1Cl)S(C)(=O)=O. The molecule has 0 bridgehead atoms. The van der Waals surface area contributed by atoms with E-state index in [2.05, 4.69) is 5.32 Å². The molecule has 1 N–H and O–H groups in total. The summed E-state index contributed by atoms with van der Waals surface area (Å²) in [5.41, 5.74) is 1.51. The average Bonchev–Trinajstić information content (AvgIpc) is 2.91. The number of nitrogens with one attached hydrogen (secondary N) is 1. The number of hydrogen-bond donors (Lipinski definition) is 1. The number of carbonyl (C=O) groups is 2. The highest BCUT2D eigenvalue weighted by Gasteiger charge is 2.34. The van der Waals surface area contributed by atoms with Crippen molar-refractivity contribution < 1.29 is 18.0 Å². The maximum atomic E-state index is 14.1. The number of amides is 2. The molecule has 0 spiro atoms. The molecule has 0 aliphatic rings. The molecule has 2 atom stereocenters. The summed E-state index contributed by atoms with van der Waals surface area (Å²) < 4.78 is 26.7. The predicted octanol–water partition coefficient (Wildman–Crippen LogP) is 5.97. The van der Waals surface area contributed by atoms with Crippen LogP contribution < -0.4 is 9.62 Å². The lowest BCUT2D eigenvalue weighted by Crippen LogP contribution is -2.54. The van der Waals surface area contributed by atoms with Crippen molar-refractivity contribution in [3.63, 3.8) is 0 Å². The van der Waals surface area contributed by atoms with E-state index >= 15 is 0 Å². The molecule has 3 aromatic carbocycles. The van der Waals surface area contributed by atoms with Crippen LogP contribution in [0.2, 0.25) is 15.1 Å². The lowest BCUT2D eigenvalue weighted by molar-refractivity contribution is -0.140. The van der Waals surface area contributed by atoms with Gasteiger partial charge in [-0.2, -0.15) is 0 Å². The summed E-state index contributed by atoms with van der Waals surface area (Å²) in [6, 6.07) is 19.6. The summed E-state index contributed by atoms with van der Waals surface area (Å²) >= 11 is 18.9. The van der Waals surface area contributed by atoms with Crippen molar-refractivity contribution >= 4 is 62.3 Å². The summed E-state index contributed by atoms with van der Waals surface area (Å²) in [6.45, 7) is 3.20. The quantitative estimate of drug-likeness (QED) is 0.269. The van der Waals surface area contributed by atoms with Crippen LogP contribution in [0.15, 0.2) is 72.8 Å². The first kappa shape index (κ1) is 31.7. The third-order valence-electron chi connectivity index (χ3n) is 6.43. The number of anilines is 1. The summed E-state index contributed by atoms with van der Waals surface area (Å²) in [4.78, 5) is 29.2. The van der Waals surface area contributed by atoms with Crippen molar-refractivity contribution in [1.29, 1.82) is 0 Å². The van der Waals surface area contributed by atoms with Crippen molar-refractivity contribution in [1.82, 2.24) is 10.2 Å². The van der Waals surface area contributed by atoms with E-state index in [9.17, 15) is 18.0 Å². The Morgan fingerprint density at radius 2 is 1.57 bits per heavy atom. The molecular weight excluding hydrogens is 593 g/mol. The van der Waals surface area contributed by atoms with Crippen LogP contribution in [0.5, 0.6) is 0 Å². The number of sulfonamides is 1. The third-order valence-corrected chi connectivity index (χ3v) is 8.48. The van der Waals surface area contributed by atoms with Gasteiger partial charge in [0.25, 0.3) is 0 Å². The monoisotopic (exact) mass is 623 g/mol. The van der Waals surface area contributed by atoms with Gasteiger partial charge in [0.2, 0.25) is 21.8 Å². The van der Waals surface area contributed by atoms with E-state index in [0.29, 0.717) is 17.0 Å². The lowest BCUT2D eigenvalue weighted by atomic mass is 10.0. The average molecular weight is 625 g/mol. The molecule has 0 aliphatic carbocycles. The maximum absolute atomic E-state index is 14.1. The first-order chi connectivity index (χ1) is 18.9. The lowest BCUT2D eigenvalue weighted by Gasteiger charge is -2.34. The van der Waals surface area contributed by atoms with Crippen LogP contribution in [0.3, 0.4) is 0 Å². The van der Waals surface area contributed by atoms with Gasteiger partial charge >= 0.3 is 0 Å². The zero-order chi connectivity index (χ0) is 29.4. The Labute approximate surface area is 251 Å². The molecule has 0 unspecified atom stereocenters. The van der Waals surface area contributed by atoms with Gasteiger partial charge in [-0.25, -0.2) is 8.42 Å². The molecule has 0 heterocycles.